The van der Waals surface area contributed by atoms with Crippen molar-refractivity contribution in [1.82, 2.24) is 10.3 Å². The highest BCUT2D eigenvalue weighted by Crippen LogP contribution is 2.30. The van der Waals surface area contributed by atoms with Gasteiger partial charge in [-0.15, -0.1) is 0 Å². The average molecular weight is 257 g/mol. The maximum absolute atomic E-state index is 5.86. The number of nitrogens with zero attached hydrogens (tertiary/aromatic N) is 1. The van der Waals surface area contributed by atoms with E-state index >= 15 is 0 Å². The molecule has 1 fully saturated rings. The first-order valence-electron chi connectivity index (χ1n) is 7.39. The molecule has 3 N–H and O–H groups in total. The first kappa shape index (κ1) is 15.9. The van der Waals surface area contributed by atoms with Crippen molar-refractivity contribution in [2.45, 2.75) is 58.5 Å². The molecule has 1 aliphatic heterocycles. The number of morpholine rings is 1. The highest BCUT2D eigenvalue weighted by Gasteiger charge is 2.40. The van der Waals surface area contributed by atoms with Crippen molar-refractivity contribution in [2.24, 2.45) is 11.8 Å². The van der Waals surface area contributed by atoms with Crippen LogP contribution in [-0.2, 0) is 4.74 Å². The molecule has 0 amide bonds. The Labute approximate surface area is 112 Å². The minimum Gasteiger partial charge on any atom is -0.379 e. The predicted octanol–water partition coefficient (Wildman–Crippen LogP) is 1.76. The molecule has 4 heteroatoms. The molecular formula is C14H31N3O. The summed E-state index contributed by atoms with van der Waals surface area (Å²) in [7, 11) is 0. The SMILES string of the molecule is CCCC(C)C(NN)C(C)(CC)N1CCOCC1. The number of hydrogen-bond acceptors (Lipinski definition) is 4. The van der Waals surface area contributed by atoms with Crippen LogP contribution in [0.2, 0.25) is 0 Å². The molecule has 0 aromatic rings. The van der Waals surface area contributed by atoms with E-state index in [-0.39, 0.29) is 5.54 Å². The topological polar surface area (TPSA) is 50.5 Å². The Morgan fingerprint density at radius 1 is 1.33 bits per heavy atom. The number of nitrogens with two attached hydrogens (primary N) is 1. The largest absolute Gasteiger partial charge is 0.379 e. The molecule has 3 atom stereocenters. The van der Waals surface area contributed by atoms with Crippen LogP contribution < -0.4 is 11.3 Å². The van der Waals surface area contributed by atoms with Gasteiger partial charge in [0.2, 0.25) is 0 Å². The van der Waals surface area contributed by atoms with Gasteiger partial charge in [-0.1, -0.05) is 27.2 Å². The first-order chi connectivity index (χ1) is 8.60. The van der Waals surface area contributed by atoms with Crippen molar-refractivity contribution in [3.63, 3.8) is 0 Å². The lowest BCUT2D eigenvalue weighted by Gasteiger charge is -2.49. The average Bonchev–Trinajstić information content (AvgIpc) is 2.40. The van der Waals surface area contributed by atoms with Gasteiger partial charge in [-0.05, 0) is 25.7 Å². The van der Waals surface area contributed by atoms with Crippen molar-refractivity contribution >= 4 is 0 Å². The van der Waals surface area contributed by atoms with Gasteiger partial charge in [0.05, 0.1) is 13.2 Å². The summed E-state index contributed by atoms with van der Waals surface area (Å²) < 4.78 is 5.47. The quantitative estimate of drug-likeness (QED) is 0.539. The molecule has 1 rings (SSSR count). The highest BCUT2D eigenvalue weighted by molar-refractivity contribution is 4.98. The summed E-state index contributed by atoms with van der Waals surface area (Å²) in [5, 5.41) is 0. The van der Waals surface area contributed by atoms with Crippen LogP contribution in [0.4, 0.5) is 0 Å². The monoisotopic (exact) mass is 257 g/mol. The predicted molar refractivity (Wildman–Crippen MR) is 76.3 cm³/mol. The standard InChI is InChI=1S/C14H31N3O/c1-5-7-12(3)13(16-15)14(4,6-2)17-8-10-18-11-9-17/h12-13,16H,5-11,15H2,1-4H3. The van der Waals surface area contributed by atoms with Gasteiger partial charge in [0, 0.05) is 24.7 Å². The van der Waals surface area contributed by atoms with E-state index in [0.717, 1.165) is 32.7 Å². The van der Waals surface area contributed by atoms with E-state index in [1.807, 2.05) is 0 Å². The van der Waals surface area contributed by atoms with Crippen molar-refractivity contribution in [3.8, 4) is 0 Å². The zero-order valence-electron chi connectivity index (χ0n) is 12.5. The van der Waals surface area contributed by atoms with Gasteiger partial charge in [0.1, 0.15) is 0 Å². The molecule has 0 aliphatic carbocycles. The number of rotatable bonds is 7. The molecular weight excluding hydrogens is 226 g/mol. The van der Waals surface area contributed by atoms with Gasteiger partial charge in [-0.25, -0.2) is 0 Å². The van der Waals surface area contributed by atoms with Crippen molar-refractivity contribution in [2.75, 3.05) is 26.3 Å². The van der Waals surface area contributed by atoms with E-state index < -0.39 is 0 Å². The van der Waals surface area contributed by atoms with Crippen LogP contribution in [0.1, 0.15) is 47.0 Å². The van der Waals surface area contributed by atoms with Gasteiger partial charge in [-0.2, -0.15) is 0 Å². The summed E-state index contributed by atoms with van der Waals surface area (Å²) in [6, 6.07) is 0.334. The fraction of sp³-hybridized carbons (Fsp3) is 1.00. The second-order valence-electron chi connectivity index (χ2n) is 5.72. The van der Waals surface area contributed by atoms with Crippen LogP contribution >= 0.6 is 0 Å². The zero-order valence-corrected chi connectivity index (χ0v) is 12.5. The summed E-state index contributed by atoms with van der Waals surface area (Å²) in [6.45, 7) is 12.9. The van der Waals surface area contributed by atoms with E-state index in [4.69, 9.17) is 10.6 Å². The molecule has 0 aromatic carbocycles. The van der Waals surface area contributed by atoms with Gasteiger partial charge in [0.25, 0.3) is 0 Å². The maximum atomic E-state index is 5.86. The van der Waals surface area contributed by atoms with Gasteiger partial charge >= 0.3 is 0 Å². The number of nitrogens with one attached hydrogen (secondary N) is 1. The lowest BCUT2D eigenvalue weighted by atomic mass is 9.79. The van der Waals surface area contributed by atoms with E-state index in [1.165, 1.54) is 12.8 Å². The molecule has 1 saturated heterocycles. The summed E-state index contributed by atoms with van der Waals surface area (Å²) >= 11 is 0. The summed E-state index contributed by atoms with van der Waals surface area (Å²) in [5.74, 6) is 6.45. The second-order valence-corrected chi connectivity index (χ2v) is 5.72. The third-order valence-electron chi connectivity index (χ3n) is 4.61. The van der Waals surface area contributed by atoms with Crippen LogP contribution in [-0.4, -0.2) is 42.8 Å². The van der Waals surface area contributed by atoms with Gasteiger partial charge in [0.15, 0.2) is 0 Å². The van der Waals surface area contributed by atoms with Crippen LogP contribution in [0.3, 0.4) is 0 Å². The molecule has 0 aromatic heterocycles. The van der Waals surface area contributed by atoms with E-state index in [2.05, 4.69) is 38.0 Å². The number of hydrogen-bond donors (Lipinski definition) is 2. The Morgan fingerprint density at radius 2 is 1.94 bits per heavy atom. The molecule has 1 heterocycles. The maximum Gasteiger partial charge on any atom is 0.0594 e. The van der Waals surface area contributed by atoms with E-state index in [1.54, 1.807) is 0 Å². The Hall–Kier alpha value is -0.160. The van der Waals surface area contributed by atoms with Crippen LogP contribution in [0.5, 0.6) is 0 Å². The van der Waals surface area contributed by atoms with Crippen LogP contribution in [0, 0.1) is 5.92 Å². The zero-order chi connectivity index (χ0) is 13.6. The van der Waals surface area contributed by atoms with Gasteiger partial charge in [-0.3, -0.25) is 16.2 Å². The fourth-order valence-corrected chi connectivity index (χ4v) is 3.29. The smallest absolute Gasteiger partial charge is 0.0594 e. The molecule has 18 heavy (non-hydrogen) atoms. The van der Waals surface area contributed by atoms with Crippen molar-refractivity contribution in [3.05, 3.63) is 0 Å². The highest BCUT2D eigenvalue weighted by atomic mass is 16.5. The van der Waals surface area contributed by atoms with Crippen LogP contribution in [0.15, 0.2) is 0 Å². The number of ether oxygens (including phenoxy) is 1. The van der Waals surface area contributed by atoms with Crippen molar-refractivity contribution < 1.29 is 4.74 Å². The Balaban J connectivity index is 2.80. The third-order valence-corrected chi connectivity index (χ3v) is 4.61. The van der Waals surface area contributed by atoms with Gasteiger partial charge < -0.3 is 4.74 Å². The Bertz CT molecular complexity index is 231. The molecule has 0 radical (unpaired) electrons. The molecule has 3 unspecified atom stereocenters. The summed E-state index contributed by atoms with van der Waals surface area (Å²) in [4.78, 5) is 2.55. The fourth-order valence-electron chi connectivity index (χ4n) is 3.29. The van der Waals surface area contributed by atoms with Crippen LogP contribution in [0.25, 0.3) is 0 Å². The lowest BCUT2D eigenvalue weighted by molar-refractivity contribution is -0.0406. The molecule has 0 bridgehead atoms. The van der Waals surface area contributed by atoms with E-state index in [9.17, 15) is 0 Å². The molecule has 0 spiro atoms. The van der Waals surface area contributed by atoms with E-state index in [0.29, 0.717) is 12.0 Å². The minimum absolute atomic E-state index is 0.118. The lowest BCUT2D eigenvalue weighted by Crippen LogP contribution is -2.65. The first-order valence-corrected chi connectivity index (χ1v) is 7.39. The normalized spacial score (nSPS) is 24.5. The molecule has 4 nitrogen and oxygen atoms in total. The molecule has 108 valence electrons. The van der Waals surface area contributed by atoms with Crippen molar-refractivity contribution in [1.29, 1.82) is 0 Å². The summed E-state index contributed by atoms with van der Waals surface area (Å²) in [5.41, 5.74) is 3.21. The minimum atomic E-state index is 0.118. The molecule has 1 aliphatic rings. The Kier molecular flexibility index (Phi) is 6.57. The third kappa shape index (κ3) is 3.44. The number of hydrazine groups is 1. The molecule has 0 saturated carbocycles. The summed E-state index contributed by atoms with van der Waals surface area (Å²) in [6.07, 6.45) is 3.53. The Morgan fingerprint density at radius 3 is 2.39 bits per heavy atom. The second kappa shape index (κ2) is 7.43.